The molecule has 198 valence electrons. The van der Waals surface area contributed by atoms with Gasteiger partial charge in [-0.1, -0.05) is 12.1 Å². The number of anilines is 4. The zero-order valence-electron chi connectivity index (χ0n) is 21.5. The highest BCUT2D eigenvalue weighted by Crippen LogP contribution is 2.35. The number of H-pyrrole nitrogens is 1. The molecule has 40 heavy (non-hydrogen) atoms. The molecule has 3 aromatic carbocycles. The third kappa shape index (κ3) is 5.12. The molecule has 5 aromatic rings. The van der Waals surface area contributed by atoms with Crippen LogP contribution in [0.5, 0.6) is 0 Å². The van der Waals surface area contributed by atoms with E-state index in [9.17, 15) is 14.0 Å². The van der Waals surface area contributed by atoms with Gasteiger partial charge >= 0.3 is 0 Å². The molecule has 2 amide bonds. The van der Waals surface area contributed by atoms with Crippen LogP contribution in [0.4, 0.5) is 27.1 Å². The topological polar surface area (TPSA) is 104 Å². The number of nitrogens with one attached hydrogen (secondary N) is 4. The second-order valence-corrected chi connectivity index (χ2v) is 9.50. The van der Waals surface area contributed by atoms with Crippen LogP contribution >= 0.6 is 0 Å². The van der Waals surface area contributed by atoms with Gasteiger partial charge in [0.2, 0.25) is 0 Å². The Kier molecular flexibility index (Phi) is 6.45. The number of halogens is 1. The summed E-state index contributed by atoms with van der Waals surface area (Å²) >= 11 is 0. The first kappa shape index (κ1) is 24.9. The lowest BCUT2D eigenvalue weighted by Crippen LogP contribution is -2.13. The Balaban J connectivity index is 1.19. The van der Waals surface area contributed by atoms with Crippen LogP contribution in [-0.2, 0) is 11.5 Å². The number of benzene rings is 3. The van der Waals surface area contributed by atoms with Crippen molar-refractivity contribution in [3.63, 3.8) is 0 Å². The van der Waals surface area contributed by atoms with Crippen molar-refractivity contribution >= 4 is 46.2 Å². The fourth-order valence-corrected chi connectivity index (χ4v) is 4.64. The zero-order valence-corrected chi connectivity index (χ0v) is 21.5. The molecule has 9 heteroatoms. The number of imidazole rings is 1. The predicted octanol–water partition coefficient (Wildman–Crippen LogP) is 6.47. The van der Waals surface area contributed by atoms with Crippen LogP contribution in [0.3, 0.4) is 0 Å². The van der Waals surface area contributed by atoms with Gasteiger partial charge in [-0.25, -0.2) is 9.37 Å². The maximum absolute atomic E-state index is 13.6. The second kappa shape index (κ2) is 10.4. The summed E-state index contributed by atoms with van der Waals surface area (Å²) in [5.74, 6) is -0.512. The van der Waals surface area contributed by atoms with Gasteiger partial charge in [0.25, 0.3) is 11.8 Å². The first-order valence-electron chi connectivity index (χ1n) is 12.7. The van der Waals surface area contributed by atoms with Gasteiger partial charge in [-0.15, -0.1) is 0 Å². The van der Waals surface area contributed by atoms with E-state index in [0.717, 1.165) is 28.3 Å². The van der Waals surface area contributed by atoms with Crippen molar-refractivity contribution in [3.8, 4) is 5.69 Å². The van der Waals surface area contributed by atoms with Crippen molar-refractivity contribution in [1.29, 1.82) is 0 Å². The minimum atomic E-state index is -0.689. The first-order chi connectivity index (χ1) is 19.4. The zero-order chi connectivity index (χ0) is 27.6. The lowest BCUT2D eigenvalue weighted by atomic mass is 10.1. The largest absolute Gasteiger partial charge is 0.362 e. The molecule has 0 fully saturated rings. The molecule has 0 bridgehead atoms. The van der Waals surface area contributed by atoms with E-state index in [4.69, 9.17) is 0 Å². The molecule has 8 nitrogen and oxygen atoms in total. The van der Waals surface area contributed by atoms with Crippen LogP contribution in [0.2, 0.25) is 0 Å². The Morgan fingerprint density at radius 3 is 2.65 bits per heavy atom. The van der Waals surface area contributed by atoms with E-state index in [1.165, 1.54) is 0 Å². The number of amides is 2. The summed E-state index contributed by atoms with van der Waals surface area (Å²) in [5, 5.41) is 9.14. The summed E-state index contributed by atoms with van der Waals surface area (Å²) in [6, 6.07) is 21.7. The van der Waals surface area contributed by atoms with Crippen LogP contribution in [0.25, 0.3) is 17.3 Å². The van der Waals surface area contributed by atoms with E-state index >= 15 is 0 Å². The summed E-state index contributed by atoms with van der Waals surface area (Å²) in [4.78, 5) is 33.0. The van der Waals surface area contributed by atoms with Gasteiger partial charge in [0, 0.05) is 52.0 Å². The van der Waals surface area contributed by atoms with Gasteiger partial charge in [0.15, 0.2) is 0 Å². The predicted molar refractivity (Wildman–Crippen MR) is 155 cm³/mol. The Morgan fingerprint density at radius 1 is 1.02 bits per heavy atom. The third-order valence-electron chi connectivity index (χ3n) is 6.54. The van der Waals surface area contributed by atoms with Crippen molar-refractivity contribution < 1.29 is 14.0 Å². The highest BCUT2D eigenvalue weighted by Gasteiger charge is 2.24. The second-order valence-electron chi connectivity index (χ2n) is 9.50. The summed E-state index contributed by atoms with van der Waals surface area (Å²) < 4.78 is 15.3. The Hall–Kier alpha value is -5.44. The van der Waals surface area contributed by atoms with Crippen LogP contribution < -0.4 is 16.0 Å². The number of hydrogen-bond acceptors (Lipinski definition) is 4. The maximum Gasteiger partial charge on any atom is 0.256 e. The van der Waals surface area contributed by atoms with Gasteiger partial charge in [-0.05, 0) is 79.2 Å². The lowest BCUT2D eigenvalue weighted by Gasteiger charge is -2.12. The lowest BCUT2D eigenvalue weighted by molar-refractivity contribution is -0.110. The minimum absolute atomic E-state index is 0.158. The number of nitrogens with zero attached hydrogens (tertiary/aromatic N) is 2. The maximum atomic E-state index is 13.6. The van der Waals surface area contributed by atoms with Crippen LogP contribution in [0.1, 0.15) is 32.9 Å². The van der Waals surface area contributed by atoms with Crippen molar-refractivity contribution in [1.82, 2.24) is 14.5 Å². The van der Waals surface area contributed by atoms with Crippen LogP contribution in [0, 0.1) is 6.92 Å². The molecule has 6 rings (SSSR count). The summed E-state index contributed by atoms with van der Waals surface area (Å²) in [6.07, 6.45) is 7.08. The number of aromatic amines is 1. The molecule has 0 saturated carbocycles. The quantitative estimate of drug-likeness (QED) is 0.180. The Bertz CT molecular complexity index is 1770. The SMILES string of the molecule is Cc1cn(-c2cc(CF)cc(C(=O)Nc3cccc(Nc4ccc5c(c4)NC(=O)/C5=C/c4ccc[nH]4)c3)c2)cn1. The summed E-state index contributed by atoms with van der Waals surface area (Å²) in [5.41, 5.74) is 7.31. The number of alkyl halides is 1. The number of carbonyl (C=O) groups excluding carboxylic acids is 2. The molecule has 0 spiro atoms. The Labute approximate surface area is 229 Å². The van der Waals surface area contributed by atoms with Gasteiger partial charge in [0.05, 0.1) is 23.3 Å². The molecular formula is C31H25FN6O2. The van der Waals surface area contributed by atoms with E-state index in [1.54, 1.807) is 41.2 Å². The van der Waals surface area contributed by atoms with E-state index in [-0.39, 0.29) is 11.8 Å². The molecule has 4 N–H and O–H groups in total. The van der Waals surface area contributed by atoms with Gasteiger partial charge in [-0.3, -0.25) is 9.59 Å². The fourth-order valence-electron chi connectivity index (χ4n) is 4.64. The summed E-state index contributed by atoms with van der Waals surface area (Å²) in [6.45, 7) is 1.17. The number of aromatic nitrogens is 3. The standard InChI is InChI=1S/C31H25FN6O2/c1-19-17-38(18-34-19)26-11-20(16-32)10-21(12-26)30(39)36-24-5-2-4-23(13-24)35-25-7-8-27-28(14-22-6-3-9-33-22)31(40)37-29(27)15-25/h2-15,17-18,33,35H,16H2,1H3,(H,36,39)(H,37,40)/b28-14+. The van der Waals surface area contributed by atoms with E-state index < -0.39 is 6.67 Å². The highest BCUT2D eigenvalue weighted by molar-refractivity contribution is 6.35. The third-order valence-corrected chi connectivity index (χ3v) is 6.54. The molecule has 1 aliphatic rings. The number of fused-ring (bicyclic) bond motifs is 1. The van der Waals surface area contributed by atoms with Gasteiger partial charge < -0.3 is 25.5 Å². The number of aryl methyl sites for hydroxylation is 1. The molecule has 0 unspecified atom stereocenters. The normalized spacial score (nSPS) is 13.2. The average molecular weight is 533 g/mol. The Morgan fingerprint density at radius 2 is 1.88 bits per heavy atom. The number of carbonyl (C=O) groups is 2. The molecule has 1 aliphatic heterocycles. The van der Waals surface area contributed by atoms with Gasteiger partial charge in [0.1, 0.15) is 6.67 Å². The molecule has 0 aliphatic carbocycles. The van der Waals surface area contributed by atoms with E-state index in [0.29, 0.717) is 33.8 Å². The van der Waals surface area contributed by atoms with Crippen molar-refractivity contribution in [3.05, 3.63) is 120 Å². The molecule has 0 radical (unpaired) electrons. The van der Waals surface area contributed by atoms with Crippen molar-refractivity contribution in [2.24, 2.45) is 0 Å². The fraction of sp³-hybridized carbons (Fsp3) is 0.0645. The monoisotopic (exact) mass is 532 g/mol. The average Bonchev–Trinajstić information content (AvgIpc) is 3.70. The minimum Gasteiger partial charge on any atom is -0.362 e. The first-order valence-corrected chi connectivity index (χ1v) is 12.7. The molecule has 0 atom stereocenters. The molecule has 2 aromatic heterocycles. The summed E-state index contributed by atoms with van der Waals surface area (Å²) in [7, 11) is 0. The van der Waals surface area contributed by atoms with Crippen LogP contribution in [-0.4, -0.2) is 26.3 Å². The van der Waals surface area contributed by atoms with Crippen LogP contribution in [0.15, 0.2) is 91.5 Å². The number of hydrogen-bond donors (Lipinski definition) is 4. The molecular weight excluding hydrogens is 507 g/mol. The van der Waals surface area contributed by atoms with Crippen molar-refractivity contribution in [2.45, 2.75) is 13.6 Å². The smallest absolute Gasteiger partial charge is 0.256 e. The molecule has 3 heterocycles. The van der Waals surface area contributed by atoms with Crippen molar-refractivity contribution in [2.75, 3.05) is 16.0 Å². The molecule has 0 saturated heterocycles. The highest BCUT2D eigenvalue weighted by atomic mass is 19.1. The number of rotatable bonds is 7. The van der Waals surface area contributed by atoms with E-state index in [2.05, 4.69) is 25.9 Å². The van der Waals surface area contributed by atoms with E-state index in [1.807, 2.05) is 67.9 Å². The van der Waals surface area contributed by atoms with Gasteiger partial charge in [-0.2, -0.15) is 0 Å².